The maximum Gasteiger partial charge on any atom is 0.137 e. The molecule has 1 aromatic heterocycles. The SMILES string of the molecule is Cc1nn(-c2ccc(F)cc2)c(Cl)c1CNCC(O)C(C)C. The van der Waals surface area contributed by atoms with E-state index >= 15 is 0 Å². The highest BCUT2D eigenvalue weighted by atomic mass is 35.5. The zero-order chi connectivity index (χ0) is 16.3. The molecular formula is C16H21ClFN3O. The van der Waals surface area contributed by atoms with Gasteiger partial charge in [0.1, 0.15) is 11.0 Å². The van der Waals surface area contributed by atoms with Crippen LogP contribution in [0.2, 0.25) is 5.15 Å². The lowest BCUT2D eigenvalue weighted by Gasteiger charge is -2.15. The van der Waals surface area contributed by atoms with E-state index in [1.54, 1.807) is 16.8 Å². The van der Waals surface area contributed by atoms with Crippen LogP contribution >= 0.6 is 11.6 Å². The highest BCUT2D eigenvalue weighted by Crippen LogP contribution is 2.23. The van der Waals surface area contributed by atoms with Crippen molar-refractivity contribution in [1.29, 1.82) is 0 Å². The van der Waals surface area contributed by atoms with Crippen molar-refractivity contribution in [3.63, 3.8) is 0 Å². The van der Waals surface area contributed by atoms with E-state index in [2.05, 4.69) is 10.4 Å². The number of nitrogens with one attached hydrogen (secondary N) is 1. The van der Waals surface area contributed by atoms with Crippen LogP contribution in [0.3, 0.4) is 0 Å². The molecule has 0 amide bonds. The topological polar surface area (TPSA) is 50.1 Å². The molecule has 1 aromatic carbocycles. The van der Waals surface area contributed by atoms with Crippen LogP contribution in [0.5, 0.6) is 0 Å². The Labute approximate surface area is 134 Å². The number of aryl methyl sites for hydroxylation is 1. The largest absolute Gasteiger partial charge is 0.392 e. The van der Waals surface area contributed by atoms with Gasteiger partial charge >= 0.3 is 0 Å². The lowest BCUT2D eigenvalue weighted by Crippen LogP contribution is -2.30. The minimum Gasteiger partial charge on any atom is -0.392 e. The molecule has 120 valence electrons. The summed E-state index contributed by atoms with van der Waals surface area (Å²) in [4.78, 5) is 0. The molecule has 22 heavy (non-hydrogen) atoms. The second-order valence-corrected chi connectivity index (χ2v) is 6.04. The third-order valence-corrected chi connectivity index (χ3v) is 4.01. The average molecular weight is 326 g/mol. The quantitative estimate of drug-likeness (QED) is 0.858. The maximum atomic E-state index is 13.0. The molecule has 0 fully saturated rings. The van der Waals surface area contributed by atoms with E-state index in [0.29, 0.717) is 23.9 Å². The first kappa shape index (κ1) is 16.9. The molecule has 2 rings (SSSR count). The summed E-state index contributed by atoms with van der Waals surface area (Å²) in [6, 6.07) is 6.01. The molecule has 1 heterocycles. The molecule has 0 aliphatic rings. The van der Waals surface area contributed by atoms with E-state index in [9.17, 15) is 9.50 Å². The van der Waals surface area contributed by atoms with Crippen molar-refractivity contribution in [1.82, 2.24) is 15.1 Å². The van der Waals surface area contributed by atoms with Crippen molar-refractivity contribution in [2.75, 3.05) is 6.54 Å². The highest BCUT2D eigenvalue weighted by Gasteiger charge is 2.15. The third-order valence-electron chi connectivity index (χ3n) is 3.62. The van der Waals surface area contributed by atoms with Gasteiger partial charge in [0.2, 0.25) is 0 Å². The zero-order valence-electron chi connectivity index (χ0n) is 13.0. The Morgan fingerprint density at radius 1 is 1.32 bits per heavy atom. The van der Waals surface area contributed by atoms with Crippen LogP contribution < -0.4 is 5.32 Å². The molecule has 0 aliphatic carbocycles. The summed E-state index contributed by atoms with van der Waals surface area (Å²) >= 11 is 6.39. The summed E-state index contributed by atoms with van der Waals surface area (Å²) in [5, 5.41) is 17.9. The second kappa shape index (κ2) is 7.22. The molecule has 0 radical (unpaired) electrons. The lowest BCUT2D eigenvalue weighted by molar-refractivity contribution is 0.123. The molecule has 2 N–H and O–H groups in total. The van der Waals surface area contributed by atoms with Crippen molar-refractivity contribution < 1.29 is 9.50 Å². The van der Waals surface area contributed by atoms with Gasteiger partial charge in [-0.05, 0) is 37.1 Å². The summed E-state index contributed by atoms with van der Waals surface area (Å²) in [5.41, 5.74) is 2.39. The summed E-state index contributed by atoms with van der Waals surface area (Å²) in [6.07, 6.45) is -0.397. The van der Waals surface area contributed by atoms with Crippen molar-refractivity contribution in [2.45, 2.75) is 33.4 Å². The van der Waals surface area contributed by atoms with E-state index in [-0.39, 0.29) is 11.7 Å². The first-order valence-corrected chi connectivity index (χ1v) is 7.66. The Balaban J connectivity index is 2.12. The first-order valence-electron chi connectivity index (χ1n) is 7.29. The number of rotatable bonds is 6. The van der Waals surface area contributed by atoms with Crippen LogP contribution in [0.15, 0.2) is 24.3 Å². The Morgan fingerprint density at radius 3 is 2.55 bits per heavy atom. The Bertz CT molecular complexity index is 625. The van der Waals surface area contributed by atoms with Gasteiger partial charge < -0.3 is 10.4 Å². The maximum absolute atomic E-state index is 13.0. The first-order chi connectivity index (χ1) is 10.4. The number of halogens is 2. The average Bonchev–Trinajstić information content (AvgIpc) is 2.75. The van der Waals surface area contributed by atoms with Gasteiger partial charge in [-0.3, -0.25) is 0 Å². The van der Waals surface area contributed by atoms with Gasteiger partial charge in [0.15, 0.2) is 0 Å². The minimum atomic E-state index is -0.397. The van der Waals surface area contributed by atoms with Gasteiger partial charge in [-0.1, -0.05) is 25.4 Å². The molecule has 0 saturated carbocycles. The van der Waals surface area contributed by atoms with Crippen LogP contribution in [-0.4, -0.2) is 27.5 Å². The fourth-order valence-electron chi connectivity index (χ4n) is 2.07. The van der Waals surface area contributed by atoms with E-state index < -0.39 is 6.10 Å². The standard InChI is InChI=1S/C16H21ClFN3O/c1-10(2)15(22)9-19-8-14-11(3)20-21(16(14)17)13-6-4-12(18)5-7-13/h4-7,10,15,19,22H,8-9H2,1-3H3. The Hall–Kier alpha value is -1.43. The van der Waals surface area contributed by atoms with Crippen LogP contribution in [0.25, 0.3) is 5.69 Å². The molecule has 0 aliphatic heterocycles. The van der Waals surface area contributed by atoms with Crippen molar-refractivity contribution in [3.05, 3.63) is 46.5 Å². The minimum absolute atomic E-state index is 0.200. The predicted molar refractivity (Wildman–Crippen MR) is 85.8 cm³/mol. The van der Waals surface area contributed by atoms with E-state index in [0.717, 1.165) is 11.3 Å². The molecule has 6 heteroatoms. The summed E-state index contributed by atoms with van der Waals surface area (Å²) in [5.74, 6) is -0.0979. The summed E-state index contributed by atoms with van der Waals surface area (Å²) in [7, 11) is 0. The normalized spacial score (nSPS) is 12.9. The van der Waals surface area contributed by atoms with Gasteiger partial charge in [-0.25, -0.2) is 9.07 Å². The fraction of sp³-hybridized carbons (Fsp3) is 0.438. The molecule has 0 saturated heterocycles. The van der Waals surface area contributed by atoms with E-state index in [1.165, 1.54) is 12.1 Å². The smallest absolute Gasteiger partial charge is 0.137 e. The van der Waals surface area contributed by atoms with E-state index in [1.807, 2.05) is 20.8 Å². The van der Waals surface area contributed by atoms with Gasteiger partial charge in [-0.15, -0.1) is 0 Å². The van der Waals surface area contributed by atoms with Crippen LogP contribution in [0, 0.1) is 18.7 Å². The number of nitrogens with zero attached hydrogens (tertiary/aromatic N) is 2. The fourth-order valence-corrected chi connectivity index (χ4v) is 2.41. The molecule has 4 nitrogen and oxygen atoms in total. The Kier molecular flexibility index (Phi) is 5.56. The van der Waals surface area contributed by atoms with Gasteiger partial charge in [0, 0.05) is 18.7 Å². The number of aliphatic hydroxyl groups is 1. The zero-order valence-corrected chi connectivity index (χ0v) is 13.7. The molecule has 0 spiro atoms. The molecule has 0 bridgehead atoms. The van der Waals surface area contributed by atoms with Gasteiger partial charge in [0.05, 0.1) is 17.5 Å². The molecule has 1 atom stereocenters. The predicted octanol–water partition coefficient (Wildman–Crippen LogP) is 3.08. The number of aliphatic hydroxyl groups excluding tert-OH is 1. The van der Waals surface area contributed by atoms with Crippen molar-refractivity contribution in [2.24, 2.45) is 5.92 Å². The molecular weight excluding hydrogens is 305 g/mol. The van der Waals surface area contributed by atoms with Gasteiger partial charge in [0.25, 0.3) is 0 Å². The van der Waals surface area contributed by atoms with E-state index in [4.69, 9.17) is 11.6 Å². The number of hydrogen-bond donors (Lipinski definition) is 2. The van der Waals surface area contributed by atoms with Crippen LogP contribution in [-0.2, 0) is 6.54 Å². The number of aromatic nitrogens is 2. The van der Waals surface area contributed by atoms with Crippen molar-refractivity contribution >= 4 is 11.6 Å². The number of benzene rings is 1. The molecule has 2 aromatic rings. The van der Waals surface area contributed by atoms with Crippen LogP contribution in [0.4, 0.5) is 4.39 Å². The Morgan fingerprint density at radius 2 is 1.95 bits per heavy atom. The van der Waals surface area contributed by atoms with Crippen LogP contribution in [0.1, 0.15) is 25.1 Å². The third kappa shape index (κ3) is 3.85. The highest BCUT2D eigenvalue weighted by molar-refractivity contribution is 6.30. The summed E-state index contributed by atoms with van der Waals surface area (Å²) in [6.45, 7) is 6.83. The lowest BCUT2D eigenvalue weighted by atomic mass is 10.1. The molecule has 1 unspecified atom stereocenters. The summed E-state index contributed by atoms with van der Waals surface area (Å²) < 4.78 is 14.6. The second-order valence-electron chi connectivity index (χ2n) is 5.69. The monoisotopic (exact) mass is 325 g/mol. The number of hydrogen-bond acceptors (Lipinski definition) is 3. The van der Waals surface area contributed by atoms with Gasteiger partial charge in [-0.2, -0.15) is 5.10 Å². The van der Waals surface area contributed by atoms with Crippen molar-refractivity contribution in [3.8, 4) is 5.69 Å².